The van der Waals surface area contributed by atoms with Crippen molar-refractivity contribution in [1.29, 1.82) is 0 Å². The van der Waals surface area contributed by atoms with E-state index < -0.39 is 5.91 Å². The summed E-state index contributed by atoms with van der Waals surface area (Å²) in [6.45, 7) is 8.17. The van der Waals surface area contributed by atoms with Crippen molar-refractivity contribution in [2.75, 3.05) is 19.5 Å². The van der Waals surface area contributed by atoms with E-state index in [9.17, 15) is 4.79 Å². The second-order valence-electron chi connectivity index (χ2n) is 6.18. The molecule has 1 amide bonds. The highest BCUT2D eigenvalue weighted by Gasteiger charge is 2.21. The van der Waals surface area contributed by atoms with E-state index in [1.165, 1.54) is 4.68 Å². The van der Waals surface area contributed by atoms with Crippen LogP contribution in [0.2, 0.25) is 0 Å². The van der Waals surface area contributed by atoms with Crippen molar-refractivity contribution in [3.63, 3.8) is 0 Å². The van der Waals surface area contributed by atoms with Crippen molar-refractivity contribution in [3.8, 4) is 17.3 Å². The fraction of sp³-hybridized carbons (Fsp3) is 0.278. The minimum atomic E-state index is -0.523. The molecule has 12 heteroatoms. The number of aromatic nitrogens is 5. The lowest BCUT2D eigenvalue weighted by atomic mass is 10.1. The van der Waals surface area contributed by atoms with Gasteiger partial charge in [-0.1, -0.05) is 18.7 Å². The maximum absolute atomic E-state index is 12.5. The average Bonchev–Trinajstić information content (AvgIpc) is 3.34. The molecule has 0 radical (unpaired) electrons. The minimum Gasteiger partial charge on any atom is -0.493 e. The van der Waals surface area contributed by atoms with Gasteiger partial charge >= 0.3 is 0 Å². The van der Waals surface area contributed by atoms with E-state index in [1.807, 2.05) is 6.92 Å². The van der Waals surface area contributed by atoms with Gasteiger partial charge in [0, 0.05) is 5.56 Å². The van der Waals surface area contributed by atoms with Crippen LogP contribution in [0.25, 0.3) is 11.5 Å². The number of rotatable bonds is 9. The molecule has 0 bridgehead atoms. The van der Waals surface area contributed by atoms with Crippen LogP contribution in [0.4, 0.5) is 5.82 Å². The van der Waals surface area contributed by atoms with E-state index in [1.54, 1.807) is 32.2 Å². The summed E-state index contributed by atoms with van der Waals surface area (Å²) in [7, 11) is 1.55. The number of amides is 1. The molecule has 0 aliphatic heterocycles. The van der Waals surface area contributed by atoms with Crippen molar-refractivity contribution in [2.24, 2.45) is 0 Å². The predicted molar refractivity (Wildman–Crippen MR) is 107 cm³/mol. The third-order valence-electron chi connectivity index (χ3n) is 4.11. The molecule has 3 aromatic rings. The molecule has 4 N–H and O–H groups in total. The number of nitrogens with one attached hydrogen (secondary N) is 2. The van der Waals surface area contributed by atoms with Crippen LogP contribution in [-0.2, 0) is 0 Å². The summed E-state index contributed by atoms with van der Waals surface area (Å²) < 4.78 is 16.8. The standard InChI is InChI=1S/C18H22N8O4/c1-5-8-29-13-7-6-12(9-14(13)28-4)10(2)20-22-18(27)15-11(3)26(25-21-15)17-16(19)23-30-24-17/h6-7,9,20H,2,5,8H2,1,3-4H3,(H2,19,23)(H,22,27). The molecule has 3 rings (SSSR count). The lowest BCUT2D eigenvalue weighted by molar-refractivity contribution is 0.0936. The maximum Gasteiger partial charge on any atom is 0.292 e. The molecular formula is C18H22N8O4. The van der Waals surface area contributed by atoms with Gasteiger partial charge in [0.25, 0.3) is 5.91 Å². The molecule has 30 heavy (non-hydrogen) atoms. The number of anilines is 1. The van der Waals surface area contributed by atoms with Gasteiger partial charge in [-0.2, -0.15) is 4.68 Å². The van der Waals surface area contributed by atoms with Crippen molar-refractivity contribution >= 4 is 17.4 Å². The van der Waals surface area contributed by atoms with Gasteiger partial charge in [-0.05, 0) is 41.9 Å². The average molecular weight is 414 g/mol. The zero-order chi connectivity index (χ0) is 21.7. The minimum absolute atomic E-state index is 0.0294. The summed E-state index contributed by atoms with van der Waals surface area (Å²) in [6, 6.07) is 5.34. The Morgan fingerprint density at radius 3 is 2.77 bits per heavy atom. The molecule has 0 saturated carbocycles. The van der Waals surface area contributed by atoms with E-state index in [4.69, 9.17) is 15.2 Å². The normalized spacial score (nSPS) is 10.5. The summed E-state index contributed by atoms with van der Waals surface area (Å²) in [5.74, 6) is 0.849. The molecule has 0 spiro atoms. The molecular weight excluding hydrogens is 392 g/mol. The number of benzene rings is 1. The number of nitrogens with two attached hydrogens (primary N) is 1. The second kappa shape index (κ2) is 8.94. The number of ether oxygens (including phenoxy) is 2. The zero-order valence-electron chi connectivity index (χ0n) is 16.8. The van der Waals surface area contributed by atoms with Crippen LogP contribution in [-0.4, -0.2) is 44.9 Å². The van der Waals surface area contributed by atoms with Gasteiger partial charge in [0.1, 0.15) is 0 Å². The fourth-order valence-corrected chi connectivity index (χ4v) is 2.53. The monoisotopic (exact) mass is 414 g/mol. The molecule has 0 fully saturated rings. The molecule has 158 valence electrons. The number of carbonyl (C=O) groups excluding carboxylic acids is 1. The Morgan fingerprint density at radius 2 is 2.10 bits per heavy atom. The molecule has 12 nitrogen and oxygen atoms in total. The SMILES string of the molecule is C=C(NNC(=O)c1nnn(-c2nonc2N)c1C)c1ccc(OCCC)c(OC)c1. The number of nitrogens with zero attached hydrogens (tertiary/aromatic N) is 5. The van der Waals surface area contributed by atoms with Gasteiger partial charge in [-0.25, -0.2) is 4.63 Å². The number of hydrogen-bond donors (Lipinski definition) is 3. The van der Waals surface area contributed by atoms with Crippen LogP contribution in [0, 0.1) is 6.92 Å². The summed E-state index contributed by atoms with van der Waals surface area (Å²) in [5, 5.41) is 14.8. The maximum atomic E-state index is 12.5. The Bertz CT molecular complexity index is 1060. The molecule has 0 unspecified atom stereocenters. The third-order valence-corrected chi connectivity index (χ3v) is 4.11. The number of carbonyl (C=O) groups is 1. The molecule has 0 aliphatic rings. The molecule has 2 heterocycles. The molecule has 1 aromatic carbocycles. The first-order valence-electron chi connectivity index (χ1n) is 9.03. The van der Waals surface area contributed by atoms with Gasteiger partial charge in [-0.15, -0.1) is 5.10 Å². The van der Waals surface area contributed by atoms with Gasteiger partial charge in [-0.3, -0.25) is 15.6 Å². The summed E-state index contributed by atoms with van der Waals surface area (Å²) in [5.41, 5.74) is 12.6. The number of hydrogen-bond acceptors (Lipinski definition) is 10. The summed E-state index contributed by atoms with van der Waals surface area (Å²) in [4.78, 5) is 12.5. The summed E-state index contributed by atoms with van der Waals surface area (Å²) >= 11 is 0. The first-order valence-corrected chi connectivity index (χ1v) is 9.03. The fourth-order valence-electron chi connectivity index (χ4n) is 2.53. The first kappa shape index (κ1) is 20.6. The van der Waals surface area contributed by atoms with Crippen LogP contribution < -0.4 is 26.1 Å². The Hall–Kier alpha value is -4.09. The number of hydrazine groups is 1. The smallest absolute Gasteiger partial charge is 0.292 e. The Labute approximate surface area is 172 Å². The highest BCUT2D eigenvalue weighted by molar-refractivity contribution is 5.93. The first-order chi connectivity index (χ1) is 14.5. The Morgan fingerprint density at radius 1 is 1.30 bits per heavy atom. The largest absolute Gasteiger partial charge is 0.493 e. The summed E-state index contributed by atoms with van der Waals surface area (Å²) in [6.07, 6.45) is 0.884. The van der Waals surface area contributed by atoms with Crippen LogP contribution >= 0.6 is 0 Å². The van der Waals surface area contributed by atoms with Crippen molar-refractivity contribution < 1.29 is 18.9 Å². The lowest BCUT2D eigenvalue weighted by Gasteiger charge is -2.14. The molecule has 0 saturated heterocycles. The highest BCUT2D eigenvalue weighted by atomic mass is 16.6. The number of nitrogen functional groups attached to an aromatic ring is 1. The van der Waals surface area contributed by atoms with Gasteiger partial charge in [0.2, 0.25) is 11.6 Å². The van der Waals surface area contributed by atoms with E-state index in [2.05, 4.69) is 42.7 Å². The Balaban J connectivity index is 1.67. The van der Waals surface area contributed by atoms with E-state index in [0.717, 1.165) is 6.42 Å². The zero-order valence-corrected chi connectivity index (χ0v) is 16.8. The molecule has 2 aromatic heterocycles. The van der Waals surface area contributed by atoms with Crippen LogP contribution in [0.3, 0.4) is 0 Å². The quantitative estimate of drug-likeness (QED) is 0.435. The number of methoxy groups -OCH3 is 1. The van der Waals surface area contributed by atoms with Crippen LogP contribution in [0.5, 0.6) is 11.5 Å². The van der Waals surface area contributed by atoms with Crippen LogP contribution in [0.15, 0.2) is 29.4 Å². The van der Waals surface area contributed by atoms with E-state index in [-0.39, 0.29) is 17.3 Å². The molecule has 0 atom stereocenters. The highest BCUT2D eigenvalue weighted by Crippen LogP contribution is 2.29. The third kappa shape index (κ3) is 4.16. The van der Waals surface area contributed by atoms with E-state index in [0.29, 0.717) is 35.1 Å². The van der Waals surface area contributed by atoms with Gasteiger partial charge < -0.3 is 15.2 Å². The van der Waals surface area contributed by atoms with Gasteiger partial charge in [0.05, 0.1) is 25.1 Å². The van der Waals surface area contributed by atoms with Crippen molar-refractivity contribution in [3.05, 3.63) is 41.7 Å². The lowest BCUT2D eigenvalue weighted by Crippen LogP contribution is -2.36. The topological polar surface area (TPSA) is 155 Å². The van der Waals surface area contributed by atoms with Crippen molar-refractivity contribution in [2.45, 2.75) is 20.3 Å². The van der Waals surface area contributed by atoms with Gasteiger partial charge in [0.15, 0.2) is 17.2 Å². The van der Waals surface area contributed by atoms with E-state index >= 15 is 0 Å². The second-order valence-corrected chi connectivity index (χ2v) is 6.18. The van der Waals surface area contributed by atoms with Crippen molar-refractivity contribution in [1.82, 2.24) is 36.2 Å². The predicted octanol–water partition coefficient (Wildman–Crippen LogP) is 1.24. The van der Waals surface area contributed by atoms with Crippen LogP contribution in [0.1, 0.15) is 35.1 Å². The Kier molecular flexibility index (Phi) is 6.15. The molecule has 0 aliphatic carbocycles.